The van der Waals surface area contributed by atoms with E-state index in [1.165, 1.54) is 10.6 Å². The molecule has 1 N–H and O–H groups in total. The molecule has 0 unspecified atom stereocenters. The van der Waals surface area contributed by atoms with E-state index in [0.29, 0.717) is 25.3 Å². The molecule has 7 heteroatoms. The van der Waals surface area contributed by atoms with E-state index in [-0.39, 0.29) is 18.9 Å². The van der Waals surface area contributed by atoms with Crippen molar-refractivity contribution < 1.29 is 17.9 Å². The third-order valence-electron chi connectivity index (χ3n) is 4.36. The molecule has 0 atom stereocenters. The Bertz CT molecular complexity index is 921. The van der Waals surface area contributed by atoms with E-state index in [4.69, 9.17) is 4.74 Å². The Hall–Kier alpha value is -2.54. The van der Waals surface area contributed by atoms with Gasteiger partial charge < -0.3 is 10.1 Å². The zero-order valence-corrected chi connectivity index (χ0v) is 18.4. The maximum atomic E-state index is 12.2. The van der Waals surface area contributed by atoms with Gasteiger partial charge in [0.1, 0.15) is 5.75 Å². The summed E-state index contributed by atoms with van der Waals surface area (Å²) >= 11 is 0. The first-order valence-electron chi connectivity index (χ1n) is 9.73. The molecule has 2 aromatic rings. The quantitative estimate of drug-likeness (QED) is 0.640. The van der Waals surface area contributed by atoms with Gasteiger partial charge in [-0.05, 0) is 68.1 Å². The third-order valence-corrected chi connectivity index (χ3v) is 5.55. The van der Waals surface area contributed by atoms with Gasteiger partial charge in [-0.15, -0.1) is 0 Å². The molecule has 29 heavy (non-hydrogen) atoms. The fourth-order valence-electron chi connectivity index (χ4n) is 3.17. The summed E-state index contributed by atoms with van der Waals surface area (Å²) < 4.78 is 31.3. The van der Waals surface area contributed by atoms with Crippen molar-refractivity contribution in [1.29, 1.82) is 0 Å². The number of hydrogen-bond donors (Lipinski definition) is 1. The predicted molar refractivity (Wildman–Crippen MR) is 117 cm³/mol. The van der Waals surface area contributed by atoms with Crippen molar-refractivity contribution in [2.24, 2.45) is 0 Å². The normalized spacial score (nSPS) is 11.2. The number of ether oxygens (including phenoxy) is 1. The van der Waals surface area contributed by atoms with Crippen molar-refractivity contribution in [2.45, 2.75) is 40.2 Å². The topological polar surface area (TPSA) is 75.7 Å². The molecule has 2 aromatic carbocycles. The van der Waals surface area contributed by atoms with Crippen LogP contribution in [-0.4, -0.2) is 33.7 Å². The maximum absolute atomic E-state index is 12.2. The Balaban J connectivity index is 1.90. The fourth-order valence-corrected chi connectivity index (χ4v) is 4.11. The van der Waals surface area contributed by atoms with Crippen LogP contribution in [0.1, 0.15) is 36.5 Å². The summed E-state index contributed by atoms with van der Waals surface area (Å²) in [6, 6.07) is 13.3. The molecule has 0 bridgehead atoms. The number of amides is 1. The van der Waals surface area contributed by atoms with E-state index >= 15 is 0 Å². The van der Waals surface area contributed by atoms with Gasteiger partial charge in [-0.1, -0.05) is 18.2 Å². The molecule has 0 saturated heterocycles. The monoisotopic (exact) mass is 418 g/mol. The van der Waals surface area contributed by atoms with Crippen LogP contribution in [0.5, 0.6) is 5.75 Å². The van der Waals surface area contributed by atoms with Gasteiger partial charge in [0.2, 0.25) is 15.9 Å². The van der Waals surface area contributed by atoms with Crippen LogP contribution in [-0.2, 0) is 21.4 Å². The van der Waals surface area contributed by atoms with Crippen molar-refractivity contribution in [3.63, 3.8) is 0 Å². The molecule has 0 heterocycles. The van der Waals surface area contributed by atoms with Crippen LogP contribution >= 0.6 is 0 Å². The highest BCUT2D eigenvalue weighted by molar-refractivity contribution is 7.92. The van der Waals surface area contributed by atoms with Gasteiger partial charge in [0.25, 0.3) is 0 Å². The Morgan fingerprint density at radius 1 is 1.10 bits per heavy atom. The highest BCUT2D eigenvalue weighted by Gasteiger charge is 2.18. The predicted octanol–water partition coefficient (Wildman–Crippen LogP) is 3.56. The van der Waals surface area contributed by atoms with Crippen molar-refractivity contribution >= 4 is 21.6 Å². The highest BCUT2D eigenvalue weighted by atomic mass is 32.2. The number of aryl methyl sites for hydroxylation is 2. The molecule has 0 fully saturated rings. The minimum absolute atomic E-state index is 0.110. The van der Waals surface area contributed by atoms with Crippen LogP contribution < -0.4 is 14.4 Å². The summed E-state index contributed by atoms with van der Waals surface area (Å²) in [5, 5.41) is 2.88. The van der Waals surface area contributed by atoms with Crippen LogP contribution in [0.15, 0.2) is 42.5 Å². The second kappa shape index (κ2) is 10.3. The zero-order valence-electron chi connectivity index (χ0n) is 17.6. The number of nitrogens with zero attached hydrogens (tertiary/aromatic N) is 1. The molecule has 0 aromatic heterocycles. The number of hydrogen-bond acceptors (Lipinski definition) is 4. The van der Waals surface area contributed by atoms with E-state index in [2.05, 4.69) is 5.32 Å². The number of carbonyl (C=O) groups is 1. The average molecular weight is 419 g/mol. The van der Waals surface area contributed by atoms with Crippen molar-refractivity contribution in [3.05, 3.63) is 59.2 Å². The summed E-state index contributed by atoms with van der Waals surface area (Å²) in [6.45, 7) is 7.05. The van der Waals surface area contributed by atoms with E-state index in [0.717, 1.165) is 22.4 Å². The largest absolute Gasteiger partial charge is 0.494 e. The van der Waals surface area contributed by atoms with Crippen LogP contribution in [0.4, 0.5) is 5.69 Å². The van der Waals surface area contributed by atoms with Crippen LogP contribution in [0.2, 0.25) is 0 Å². The summed E-state index contributed by atoms with van der Waals surface area (Å²) in [5.74, 6) is 0.664. The minimum Gasteiger partial charge on any atom is -0.494 e. The molecule has 158 valence electrons. The fraction of sp³-hybridized carbons (Fsp3) is 0.409. The molecule has 2 rings (SSSR count). The molecule has 0 aliphatic rings. The van der Waals surface area contributed by atoms with E-state index in [1.54, 1.807) is 0 Å². The molecule has 0 aliphatic carbocycles. The molecular formula is C22H30N2O4S. The number of nitrogens with one attached hydrogen (secondary N) is 1. The van der Waals surface area contributed by atoms with Gasteiger partial charge in [-0.2, -0.15) is 0 Å². The van der Waals surface area contributed by atoms with Gasteiger partial charge in [-0.3, -0.25) is 9.10 Å². The lowest BCUT2D eigenvalue weighted by atomic mass is 10.1. The maximum Gasteiger partial charge on any atom is 0.232 e. The molecule has 0 saturated carbocycles. The average Bonchev–Trinajstić information content (AvgIpc) is 2.62. The third kappa shape index (κ3) is 7.42. The van der Waals surface area contributed by atoms with E-state index in [9.17, 15) is 13.2 Å². The standard InChI is InChI=1S/C22H30N2O4S/c1-5-28-21-9-6-8-19(15-21)16-23-22(25)10-7-11-24(29(4,26)27)20-13-17(2)12-18(3)14-20/h6,8-9,12-15H,5,7,10-11,16H2,1-4H3,(H,23,25). The first kappa shape index (κ1) is 22.7. The molecule has 0 radical (unpaired) electrons. The van der Waals surface area contributed by atoms with Crippen molar-refractivity contribution in [2.75, 3.05) is 23.7 Å². The van der Waals surface area contributed by atoms with Gasteiger partial charge in [0, 0.05) is 19.5 Å². The molecule has 0 spiro atoms. The van der Waals surface area contributed by atoms with Gasteiger partial charge in [0.15, 0.2) is 0 Å². The van der Waals surface area contributed by atoms with Crippen molar-refractivity contribution in [3.8, 4) is 5.75 Å². The summed E-state index contributed by atoms with van der Waals surface area (Å²) in [6.07, 6.45) is 1.88. The van der Waals surface area contributed by atoms with Crippen LogP contribution in [0.25, 0.3) is 0 Å². The second-order valence-corrected chi connectivity index (χ2v) is 9.05. The Morgan fingerprint density at radius 3 is 2.41 bits per heavy atom. The Kier molecular flexibility index (Phi) is 8.08. The molecular weight excluding hydrogens is 388 g/mol. The Labute approximate surface area is 173 Å². The number of anilines is 1. The minimum atomic E-state index is -3.43. The summed E-state index contributed by atoms with van der Waals surface area (Å²) in [4.78, 5) is 12.2. The lowest BCUT2D eigenvalue weighted by Gasteiger charge is -2.23. The lowest BCUT2D eigenvalue weighted by Crippen LogP contribution is -2.32. The highest BCUT2D eigenvalue weighted by Crippen LogP contribution is 2.22. The summed E-state index contributed by atoms with van der Waals surface area (Å²) in [7, 11) is -3.43. The SMILES string of the molecule is CCOc1cccc(CNC(=O)CCCN(c2cc(C)cc(C)c2)S(C)(=O)=O)c1. The van der Waals surface area contributed by atoms with Gasteiger partial charge in [-0.25, -0.2) is 8.42 Å². The number of benzene rings is 2. The smallest absolute Gasteiger partial charge is 0.232 e. The first-order valence-corrected chi connectivity index (χ1v) is 11.6. The number of rotatable bonds is 10. The lowest BCUT2D eigenvalue weighted by molar-refractivity contribution is -0.121. The van der Waals surface area contributed by atoms with Gasteiger partial charge in [0.05, 0.1) is 18.6 Å². The number of carbonyl (C=O) groups excluding carboxylic acids is 1. The zero-order chi connectivity index (χ0) is 21.4. The van der Waals surface area contributed by atoms with Crippen LogP contribution in [0.3, 0.4) is 0 Å². The number of sulfonamides is 1. The van der Waals surface area contributed by atoms with E-state index < -0.39 is 10.0 Å². The van der Waals surface area contributed by atoms with Gasteiger partial charge >= 0.3 is 0 Å². The summed E-state index contributed by atoms with van der Waals surface area (Å²) in [5.41, 5.74) is 3.59. The Morgan fingerprint density at radius 2 is 1.79 bits per heavy atom. The first-order chi connectivity index (χ1) is 13.7. The molecule has 0 aliphatic heterocycles. The van der Waals surface area contributed by atoms with E-state index in [1.807, 2.05) is 63.2 Å². The van der Waals surface area contributed by atoms with Crippen LogP contribution in [0, 0.1) is 13.8 Å². The molecule has 6 nitrogen and oxygen atoms in total. The second-order valence-electron chi connectivity index (χ2n) is 7.14. The molecule has 1 amide bonds. The van der Waals surface area contributed by atoms with Crippen molar-refractivity contribution in [1.82, 2.24) is 5.32 Å².